The number of aromatic nitrogens is 3. The molecular formula is C45H48N6O6. The Kier molecular flexibility index (Phi) is 11.6. The Morgan fingerprint density at radius 3 is 1.00 bits per heavy atom. The number of nitrogens with one attached hydrogen (secondary N) is 3. The molecule has 12 heteroatoms. The van der Waals surface area contributed by atoms with E-state index in [9.17, 15) is 14.4 Å². The number of nitrogens with zero attached hydrogens (tertiary/aromatic N) is 3. The SMILES string of the molecule is CN(C)CCc1c[nH]c2cccc(OC(=O)c3cc(C(=O)Oc4cccc5[nH]cc(CCN(C)C)c45)cc(C(=O)Oc4cccc5[nH]cc(CCN(C)C)c45)c3)c12. The number of fused-ring (bicyclic) bond motifs is 3. The summed E-state index contributed by atoms with van der Waals surface area (Å²) in [5.41, 5.74) is 5.41. The minimum absolute atomic E-state index is 0.0168. The summed E-state index contributed by atoms with van der Waals surface area (Å²) in [6.07, 6.45) is 7.95. The lowest BCUT2D eigenvalue weighted by Gasteiger charge is -2.13. The van der Waals surface area contributed by atoms with E-state index in [1.807, 2.05) is 79.1 Å². The van der Waals surface area contributed by atoms with Crippen LogP contribution in [0.15, 0.2) is 91.4 Å². The molecule has 7 aromatic rings. The minimum atomic E-state index is -0.747. The first-order valence-corrected chi connectivity index (χ1v) is 19.0. The molecule has 0 amide bonds. The highest BCUT2D eigenvalue weighted by Gasteiger charge is 2.23. The third-order valence-electron chi connectivity index (χ3n) is 9.98. The molecule has 0 saturated carbocycles. The van der Waals surface area contributed by atoms with Gasteiger partial charge < -0.3 is 43.9 Å². The van der Waals surface area contributed by atoms with Crippen molar-refractivity contribution in [3.8, 4) is 17.2 Å². The number of hydrogen-bond donors (Lipinski definition) is 3. The van der Waals surface area contributed by atoms with E-state index in [0.717, 1.165) is 88.3 Å². The smallest absolute Gasteiger partial charge is 0.343 e. The second-order valence-electron chi connectivity index (χ2n) is 15.1. The molecule has 0 aliphatic rings. The molecule has 0 spiro atoms. The number of aromatic amines is 3. The number of esters is 3. The molecule has 0 aliphatic heterocycles. The van der Waals surface area contributed by atoms with Crippen LogP contribution in [0.25, 0.3) is 32.7 Å². The molecule has 0 aliphatic carbocycles. The maximum atomic E-state index is 14.1. The van der Waals surface area contributed by atoms with Crippen LogP contribution in [0.4, 0.5) is 0 Å². The summed E-state index contributed by atoms with van der Waals surface area (Å²) in [6.45, 7) is 2.39. The molecule has 0 saturated heterocycles. The Bertz CT molecular complexity index is 2290. The van der Waals surface area contributed by atoms with Crippen molar-refractivity contribution < 1.29 is 28.6 Å². The summed E-state index contributed by atoms with van der Waals surface area (Å²) in [5.74, 6) is -1.16. The van der Waals surface area contributed by atoms with Crippen LogP contribution in [0.3, 0.4) is 0 Å². The topological polar surface area (TPSA) is 136 Å². The molecule has 0 unspecified atom stereocenters. The van der Waals surface area contributed by atoms with Gasteiger partial charge in [0.2, 0.25) is 0 Å². The lowest BCUT2D eigenvalue weighted by Crippen LogP contribution is -2.17. The number of benzene rings is 4. The summed E-state index contributed by atoms with van der Waals surface area (Å²) < 4.78 is 18.2. The molecule has 0 radical (unpaired) electrons. The van der Waals surface area contributed by atoms with Crippen molar-refractivity contribution in [3.05, 3.63) is 125 Å². The van der Waals surface area contributed by atoms with E-state index in [-0.39, 0.29) is 16.7 Å². The van der Waals surface area contributed by atoms with Gasteiger partial charge in [-0.15, -0.1) is 0 Å². The molecule has 0 bridgehead atoms. The molecule has 4 aromatic carbocycles. The standard InChI is InChI=1S/C45H48N6O6/c1-49(2)19-16-28-25-46-34-10-7-13-37(40(28)34)55-43(52)31-22-32(44(53)56-38-14-8-11-35-41(38)29(26-47-35)17-20-50(3)4)24-33(23-31)45(54)57-39-15-9-12-36-42(39)30(27-48-36)18-21-51(5)6/h7-15,22-27,46-48H,16-21H2,1-6H3. The quantitative estimate of drug-likeness (QED) is 0.0738. The molecule has 7 rings (SSSR count). The van der Waals surface area contributed by atoms with E-state index in [2.05, 4.69) is 29.7 Å². The number of rotatable bonds is 15. The molecule has 3 heterocycles. The van der Waals surface area contributed by atoms with Crippen LogP contribution in [0.5, 0.6) is 17.2 Å². The minimum Gasteiger partial charge on any atom is -0.422 e. The van der Waals surface area contributed by atoms with E-state index >= 15 is 0 Å². The van der Waals surface area contributed by atoms with Gasteiger partial charge in [0.1, 0.15) is 17.2 Å². The maximum Gasteiger partial charge on any atom is 0.343 e. The zero-order valence-corrected chi connectivity index (χ0v) is 33.2. The van der Waals surface area contributed by atoms with Gasteiger partial charge in [0, 0.05) is 70.9 Å². The number of likely N-dealkylation sites (N-methyl/N-ethyl adjacent to an activating group) is 3. The summed E-state index contributed by atoms with van der Waals surface area (Å²) in [4.78, 5) is 58.3. The second kappa shape index (κ2) is 16.9. The number of carbonyl (C=O) groups is 3. The fourth-order valence-corrected chi connectivity index (χ4v) is 7.00. The first-order valence-electron chi connectivity index (χ1n) is 19.0. The van der Waals surface area contributed by atoms with Crippen LogP contribution in [-0.4, -0.2) is 109 Å². The van der Waals surface area contributed by atoms with Crippen molar-refractivity contribution in [1.82, 2.24) is 29.7 Å². The molecule has 3 N–H and O–H groups in total. The zero-order valence-electron chi connectivity index (χ0n) is 33.2. The van der Waals surface area contributed by atoms with Crippen molar-refractivity contribution in [2.45, 2.75) is 19.3 Å². The molecule has 0 fully saturated rings. The van der Waals surface area contributed by atoms with Crippen LogP contribution in [0.2, 0.25) is 0 Å². The third kappa shape index (κ3) is 8.78. The van der Waals surface area contributed by atoms with Gasteiger partial charge in [-0.2, -0.15) is 0 Å². The van der Waals surface area contributed by atoms with Gasteiger partial charge in [0.25, 0.3) is 0 Å². The largest absolute Gasteiger partial charge is 0.422 e. The van der Waals surface area contributed by atoms with Gasteiger partial charge in [-0.25, -0.2) is 14.4 Å². The predicted octanol–water partition coefficient (Wildman–Crippen LogP) is 7.10. The Morgan fingerprint density at radius 1 is 0.456 bits per heavy atom. The molecule has 12 nitrogen and oxygen atoms in total. The molecule has 57 heavy (non-hydrogen) atoms. The van der Waals surface area contributed by atoms with E-state index in [1.165, 1.54) is 18.2 Å². The average molecular weight is 769 g/mol. The van der Waals surface area contributed by atoms with Crippen LogP contribution < -0.4 is 14.2 Å². The Balaban J connectivity index is 1.25. The van der Waals surface area contributed by atoms with Crippen LogP contribution in [0.1, 0.15) is 47.8 Å². The first kappa shape index (κ1) is 39.0. The van der Waals surface area contributed by atoms with E-state index in [4.69, 9.17) is 14.2 Å². The van der Waals surface area contributed by atoms with E-state index in [0.29, 0.717) is 17.2 Å². The summed E-state index contributed by atoms with van der Waals surface area (Å²) in [6, 6.07) is 20.5. The number of carbonyl (C=O) groups excluding carboxylic acids is 3. The Labute approximate surface area is 331 Å². The fraction of sp³-hybridized carbons (Fsp3) is 0.267. The fourth-order valence-electron chi connectivity index (χ4n) is 7.00. The highest BCUT2D eigenvalue weighted by Crippen LogP contribution is 2.33. The summed E-state index contributed by atoms with van der Waals surface area (Å²) in [5, 5.41) is 2.37. The second-order valence-corrected chi connectivity index (χ2v) is 15.1. The van der Waals surface area contributed by atoms with Gasteiger partial charge in [0.05, 0.1) is 16.7 Å². The van der Waals surface area contributed by atoms with Crippen molar-refractivity contribution in [1.29, 1.82) is 0 Å². The van der Waals surface area contributed by atoms with Crippen molar-refractivity contribution in [3.63, 3.8) is 0 Å². The van der Waals surface area contributed by atoms with Crippen molar-refractivity contribution in [2.24, 2.45) is 0 Å². The normalized spacial score (nSPS) is 11.7. The maximum absolute atomic E-state index is 14.1. The number of H-pyrrole nitrogens is 3. The lowest BCUT2D eigenvalue weighted by molar-refractivity contribution is 0.0737. The molecule has 294 valence electrons. The van der Waals surface area contributed by atoms with Crippen molar-refractivity contribution >= 4 is 50.6 Å². The zero-order chi connectivity index (χ0) is 40.2. The molecular weight excluding hydrogens is 721 g/mol. The number of hydrogen-bond acceptors (Lipinski definition) is 9. The van der Waals surface area contributed by atoms with Gasteiger partial charge in [-0.1, -0.05) is 18.2 Å². The highest BCUT2D eigenvalue weighted by molar-refractivity contribution is 6.04. The third-order valence-corrected chi connectivity index (χ3v) is 9.98. The van der Waals surface area contributed by atoms with Gasteiger partial charge in [-0.3, -0.25) is 0 Å². The summed E-state index contributed by atoms with van der Waals surface area (Å²) >= 11 is 0. The van der Waals surface area contributed by atoms with Crippen LogP contribution in [0, 0.1) is 0 Å². The number of ether oxygens (including phenoxy) is 3. The molecule has 3 aromatic heterocycles. The van der Waals surface area contributed by atoms with Gasteiger partial charge in [-0.05, 0) is 133 Å². The summed E-state index contributed by atoms with van der Waals surface area (Å²) in [7, 11) is 12.0. The van der Waals surface area contributed by atoms with Crippen molar-refractivity contribution in [2.75, 3.05) is 61.9 Å². The highest BCUT2D eigenvalue weighted by atomic mass is 16.5. The average Bonchev–Trinajstić information content (AvgIpc) is 3.93. The van der Waals surface area contributed by atoms with Gasteiger partial charge >= 0.3 is 17.9 Å². The van der Waals surface area contributed by atoms with Gasteiger partial charge in [0.15, 0.2) is 0 Å². The Morgan fingerprint density at radius 2 is 0.737 bits per heavy atom. The monoisotopic (exact) mass is 768 g/mol. The van der Waals surface area contributed by atoms with E-state index < -0.39 is 17.9 Å². The first-order chi connectivity index (χ1) is 27.4. The predicted molar refractivity (Wildman–Crippen MR) is 223 cm³/mol. The Hall–Kier alpha value is -6.21. The molecule has 0 atom stereocenters. The van der Waals surface area contributed by atoms with E-state index in [1.54, 1.807) is 36.4 Å². The lowest BCUT2D eigenvalue weighted by atomic mass is 10.0. The van der Waals surface area contributed by atoms with Crippen LogP contribution in [-0.2, 0) is 19.3 Å². The van der Waals surface area contributed by atoms with Crippen LogP contribution >= 0.6 is 0 Å².